The van der Waals surface area contributed by atoms with E-state index in [0.29, 0.717) is 21.7 Å². The normalized spacial score (nSPS) is 10.0. The molecule has 0 atom stereocenters. The van der Waals surface area contributed by atoms with Crippen LogP contribution in [0.3, 0.4) is 0 Å². The molecule has 0 aliphatic heterocycles. The Hall–Kier alpha value is -2.28. The highest BCUT2D eigenvalue weighted by atomic mass is 79.9. The number of aromatic nitrogens is 1. The lowest BCUT2D eigenvalue weighted by atomic mass is 10.2. The van der Waals surface area contributed by atoms with Crippen LogP contribution in [0.1, 0.15) is 10.4 Å². The van der Waals surface area contributed by atoms with Crippen molar-refractivity contribution < 1.29 is 19.4 Å². The third-order valence-electron chi connectivity index (χ3n) is 2.75. The number of anilines is 2. The van der Waals surface area contributed by atoms with Crippen LogP contribution in [0.2, 0.25) is 0 Å². The number of pyridine rings is 1. The lowest BCUT2D eigenvalue weighted by molar-refractivity contribution is 0.0697. The molecule has 21 heavy (non-hydrogen) atoms. The van der Waals surface area contributed by atoms with E-state index in [4.69, 9.17) is 9.47 Å². The van der Waals surface area contributed by atoms with Crippen molar-refractivity contribution in [3.05, 3.63) is 40.5 Å². The summed E-state index contributed by atoms with van der Waals surface area (Å²) >= 11 is 3.20. The highest BCUT2D eigenvalue weighted by Gasteiger charge is 2.14. The van der Waals surface area contributed by atoms with Crippen molar-refractivity contribution in [3.63, 3.8) is 0 Å². The molecule has 1 heterocycles. The van der Waals surface area contributed by atoms with Gasteiger partial charge in [-0.2, -0.15) is 0 Å². The third kappa shape index (κ3) is 3.43. The van der Waals surface area contributed by atoms with Crippen molar-refractivity contribution in [2.75, 3.05) is 19.5 Å². The van der Waals surface area contributed by atoms with Gasteiger partial charge in [0.25, 0.3) is 0 Å². The van der Waals surface area contributed by atoms with Crippen molar-refractivity contribution in [1.82, 2.24) is 4.98 Å². The van der Waals surface area contributed by atoms with Gasteiger partial charge in [0.05, 0.1) is 19.9 Å². The lowest BCUT2D eigenvalue weighted by Crippen LogP contribution is -2.05. The number of carbonyl (C=O) groups is 1. The first-order valence-corrected chi connectivity index (χ1v) is 6.72. The third-order valence-corrected chi connectivity index (χ3v) is 3.18. The molecular formula is C14H13BrN2O4. The molecular weight excluding hydrogens is 340 g/mol. The molecule has 110 valence electrons. The predicted octanol–water partition coefficient (Wildman–Crippen LogP) is 3.30. The van der Waals surface area contributed by atoms with Gasteiger partial charge in [-0.1, -0.05) is 0 Å². The second-order valence-corrected chi connectivity index (χ2v) is 4.96. The molecule has 0 amide bonds. The first-order valence-electron chi connectivity index (χ1n) is 5.93. The average molecular weight is 353 g/mol. The van der Waals surface area contributed by atoms with Gasteiger partial charge in [0, 0.05) is 16.7 Å². The molecule has 0 saturated carbocycles. The number of carboxylic acid groups (broad SMARTS) is 1. The molecule has 0 saturated heterocycles. The van der Waals surface area contributed by atoms with Gasteiger partial charge in [-0.05, 0) is 34.1 Å². The molecule has 0 radical (unpaired) electrons. The van der Waals surface area contributed by atoms with Crippen LogP contribution in [0.15, 0.2) is 34.9 Å². The Morgan fingerprint density at radius 1 is 1.29 bits per heavy atom. The highest BCUT2D eigenvalue weighted by Crippen LogP contribution is 2.32. The van der Waals surface area contributed by atoms with Gasteiger partial charge >= 0.3 is 5.97 Å². The number of ether oxygens (including phenoxy) is 2. The van der Waals surface area contributed by atoms with Crippen LogP contribution in [0.5, 0.6) is 11.5 Å². The monoisotopic (exact) mass is 352 g/mol. The second-order valence-electron chi connectivity index (χ2n) is 4.05. The molecule has 0 spiro atoms. The minimum atomic E-state index is -1.07. The summed E-state index contributed by atoms with van der Waals surface area (Å²) in [6, 6.07) is 6.65. The molecule has 2 rings (SSSR count). The number of nitrogens with one attached hydrogen (secondary N) is 1. The zero-order valence-corrected chi connectivity index (χ0v) is 13.0. The largest absolute Gasteiger partial charge is 0.497 e. The van der Waals surface area contributed by atoms with Crippen molar-refractivity contribution in [3.8, 4) is 11.5 Å². The van der Waals surface area contributed by atoms with E-state index in [0.717, 1.165) is 0 Å². The van der Waals surface area contributed by atoms with Gasteiger partial charge in [0.1, 0.15) is 22.9 Å². The minimum absolute atomic E-state index is 0.0576. The molecule has 1 aromatic heterocycles. The molecule has 7 heteroatoms. The lowest BCUT2D eigenvalue weighted by Gasteiger charge is -2.13. The van der Waals surface area contributed by atoms with Gasteiger partial charge in [0.2, 0.25) is 0 Å². The zero-order valence-electron chi connectivity index (χ0n) is 11.4. The fourth-order valence-electron chi connectivity index (χ4n) is 1.73. The molecule has 0 bridgehead atoms. The van der Waals surface area contributed by atoms with E-state index in [1.165, 1.54) is 19.4 Å². The molecule has 1 aromatic carbocycles. The Kier molecular flexibility index (Phi) is 4.64. The van der Waals surface area contributed by atoms with E-state index < -0.39 is 5.97 Å². The number of benzene rings is 1. The Morgan fingerprint density at radius 2 is 2.05 bits per heavy atom. The minimum Gasteiger partial charge on any atom is -0.497 e. The SMILES string of the molecule is COc1ccc(Nc2ncc(Br)cc2C(=O)O)c(OC)c1. The Morgan fingerprint density at radius 3 is 2.67 bits per heavy atom. The highest BCUT2D eigenvalue weighted by molar-refractivity contribution is 9.10. The van der Waals surface area contributed by atoms with E-state index in [-0.39, 0.29) is 11.4 Å². The maximum absolute atomic E-state index is 11.3. The number of carboxylic acids is 1. The van der Waals surface area contributed by atoms with Crippen LogP contribution in [0, 0.1) is 0 Å². The van der Waals surface area contributed by atoms with Gasteiger partial charge in [-0.25, -0.2) is 9.78 Å². The summed E-state index contributed by atoms with van der Waals surface area (Å²) in [5.74, 6) is 0.322. The summed E-state index contributed by atoms with van der Waals surface area (Å²) in [5, 5.41) is 12.2. The van der Waals surface area contributed by atoms with E-state index in [9.17, 15) is 9.90 Å². The summed E-state index contributed by atoms with van der Waals surface area (Å²) in [5.41, 5.74) is 0.651. The molecule has 0 aliphatic rings. The van der Waals surface area contributed by atoms with Crippen LogP contribution in [0.25, 0.3) is 0 Å². The van der Waals surface area contributed by atoms with Crippen LogP contribution in [-0.4, -0.2) is 30.3 Å². The zero-order chi connectivity index (χ0) is 15.4. The quantitative estimate of drug-likeness (QED) is 0.859. The molecule has 6 nitrogen and oxygen atoms in total. The standard InChI is InChI=1S/C14H13BrN2O4/c1-20-9-3-4-11(12(6-9)21-2)17-13-10(14(18)19)5-8(15)7-16-13/h3-7H,1-2H3,(H,16,17)(H,18,19). The number of aromatic carboxylic acids is 1. The van der Waals surface area contributed by atoms with Crippen molar-refractivity contribution in [1.29, 1.82) is 0 Å². The number of rotatable bonds is 5. The summed E-state index contributed by atoms with van der Waals surface area (Å²) in [6.45, 7) is 0. The Labute approximate surface area is 129 Å². The summed E-state index contributed by atoms with van der Waals surface area (Å²) < 4.78 is 11.0. The van der Waals surface area contributed by atoms with E-state index in [1.54, 1.807) is 25.3 Å². The predicted molar refractivity (Wildman–Crippen MR) is 81.7 cm³/mol. The van der Waals surface area contributed by atoms with Crippen LogP contribution in [-0.2, 0) is 0 Å². The van der Waals surface area contributed by atoms with Crippen molar-refractivity contribution in [2.45, 2.75) is 0 Å². The van der Waals surface area contributed by atoms with Gasteiger partial charge in [-0.3, -0.25) is 0 Å². The summed E-state index contributed by atoms with van der Waals surface area (Å²) in [4.78, 5) is 15.4. The fraction of sp³-hybridized carbons (Fsp3) is 0.143. The smallest absolute Gasteiger partial charge is 0.339 e. The van der Waals surface area contributed by atoms with Gasteiger partial charge in [0.15, 0.2) is 0 Å². The van der Waals surface area contributed by atoms with Crippen molar-refractivity contribution >= 4 is 33.4 Å². The number of hydrogen-bond donors (Lipinski definition) is 2. The summed E-state index contributed by atoms with van der Waals surface area (Å²) in [7, 11) is 3.08. The summed E-state index contributed by atoms with van der Waals surface area (Å²) in [6.07, 6.45) is 1.52. The van der Waals surface area contributed by atoms with Crippen LogP contribution < -0.4 is 14.8 Å². The van der Waals surface area contributed by atoms with E-state index in [2.05, 4.69) is 26.2 Å². The van der Waals surface area contributed by atoms with Crippen LogP contribution in [0.4, 0.5) is 11.5 Å². The topological polar surface area (TPSA) is 80.7 Å². The number of nitrogens with zero attached hydrogens (tertiary/aromatic N) is 1. The van der Waals surface area contributed by atoms with E-state index in [1.807, 2.05) is 0 Å². The first-order chi connectivity index (χ1) is 10.0. The molecule has 2 N–H and O–H groups in total. The average Bonchev–Trinajstić information content (AvgIpc) is 2.49. The number of methoxy groups -OCH3 is 2. The second kappa shape index (κ2) is 6.45. The molecule has 2 aromatic rings. The van der Waals surface area contributed by atoms with Crippen molar-refractivity contribution in [2.24, 2.45) is 0 Å². The van der Waals surface area contributed by atoms with Crippen LogP contribution >= 0.6 is 15.9 Å². The number of hydrogen-bond acceptors (Lipinski definition) is 5. The van der Waals surface area contributed by atoms with Gasteiger partial charge < -0.3 is 19.9 Å². The molecule has 0 fully saturated rings. The first kappa shape index (κ1) is 15.1. The number of halogens is 1. The Balaban J connectivity index is 2.40. The fourth-order valence-corrected chi connectivity index (χ4v) is 2.06. The maximum Gasteiger partial charge on any atom is 0.339 e. The Bertz CT molecular complexity index is 676. The van der Waals surface area contributed by atoms with E-state index >= 15 is 0 Å². The molecule has 0 unspecified atom stereocenters. The van der Waals surface area contributed by atoms with Gasteiger partial charge in [-0.15, -0.1) is 0 Å². The maximum atomic E-state index is 11.3. The molecule has 0 aliphatic carbocycles.